The monoisotopic (exact) mass is 443 g/mol. The van der Waals surface area contributed by atoms with Gasteiger partial charge in [0.15, 0.2) is 5.78 Å². The fourth-order valence-electron chi connectivity index (χ4n) is 4.42. The molecular weight excluding hydrogens is 430 g/mol. The van der Waals surface area contributed by atoms with Crippen LogP contribution in [-0.4, -0.2) is 21.7 Å². The zero-order valence-electron chi connectivity index (χ0n) is 15.8. The largest absolute Gasteiger partial charge is 0.508 e. The van der Waals surface area contributed by atoms with Gasteiger partial charge in [0.25, 0.3) is 0 Å². The molecule has 3 aromatic carbocycles. The van der Waals surface area contributed by atoms with Crippen LogP contribution in [0.2, 0.25) is 0 Å². The number of fused-ring (bicyclic) bond motifs is 3. The molecule has 7 heteroatoms. The van der Waals surface area contributed by atoms with Crippen LogP contribution in [0.25, 0.3) is 10.8 Å². The van der Waals surface area contributed by atoms with E-state index in [9.17, 15) is 19.5 Å². The molecule has 0 saturated carbocycles. The summed E-state index contributed by atoms with van der Waals surface area (Å²) in [5.74, 6) is -1.18. The maximum absolute atomic E-state index is 13.7. The van der Waals surface area contributed by atoms with E-state index in [2.05, 4.69) is 4.98 Å². The minimum Gasteiger partial charge on any atom is -0.508 e. The number of hydrogen-bond acceptors (Lipinski definition) is 6. The average Bonchev–Trinajstić information content (AvgIpc) is 3.16. The number of ketones is 2. The third-order valence-electron chi connectivity index (χ3n) is 5.75. The number of aromatic nitrogens is 1. The Bertz CT molecular complexity index is 1540. The lowest BCUT2D eigenvalue weighted by molar-refractivity contribution is 0.0977. The number of aromatic amines is 1. The Morgan fingerprint density at radius 1 is 0.839 bits per heavy atom. The number of H-pyrrole nitrogens is 1. The predicted octanol–water partition coefficient (Wildman–Crippen LogP) is 4.87. The van der Waals surface area contributed by atoms with Gasteiger partial charge in [-0.1, -0.05) is 77.7 Å². The molecule has 1 aliphatic carbocycles. The van der Waals surface area contributed by atoms with Crippen LogP contribution in [0.4, 0.5) is 0 Å². The number of Topliss-reactive ketones (excluding diaryl/α,β-unsaturated/α-hetero) is 2. The molecule has 2 heterocycles. The van der Waals surface area contributed by atoms with Gasteiger partial charge in [0.2, 0.25) is 5.78 Å². The van der Waals surface area contributed by atoms with Crippen molar-refractivity contribution >= 4 is 45.4 Å². The van der Waals surface area contributed by atoms with Gasteiger partial charge >= 0.3 is 4.87 Å². The minimum atomic E-state index is -0.717. The number of benzene rings is 3. The van der Waals surface area contributed by atoms with E-state index < -0.39 is 5.92 Å². The van der Waals surface area contributed by atoms with E-state index in [-0.39, 0.29) is 22.2 Å². The molecular formula is C24H13NO4S2. The third kappa shape index (κ3) is 2.54. The summed E-state index contributed by atoms with van der Waals surface area (Å²) in [4.78, 5) is 42.8. The lowest BCUT2D eigenvalue weighted by atomic mass is 9.78. The highest BCUT2D eigenvalue weighted by atomic mass is 32.2. The van der Waals surface area contributed by atoms with E-state index >= 15 is 0 Å². The van der Waals surface area contributed by atoms with Crippen molar-refractivity contribution < 1.29 is 14.7 Å². The van der Waals surface area contributed by atoms with E-state index in [0.717, 1.165) is 33.9 Å². The first-order valence-electron chi connectivity index (χ1n) is 9.58. The molecule has 1 aliphatic heterocycles. The molecule has 0 radical (unpaired) electrons. The van der Waals surface area contributed by atoms with Crippen LogP contribution in [0.1, 0.15) is 37.1 Å². The number of nitrogens with one attached hydrogen (secondary N) is 1. The highest BCUT2D eigenvalue weighted by molar-refractivity contribution is 8.04. The maximum Gasteiger partial charge on any atom is 0.305 e. The molecule has 1 atom stereocenters. The summed E-state index contributed by atoms with van der Waals surface area (Å²) < 4.78 is 0. The first kappa shape index (κ1) is 18.4. The number of aromatic hydroxyl groups is 1. The van der Waals surface area contributed by atoms with Crippen LogP contribution in [0.3, 0.4) is 0 Å². The summed E-state index contributed by atoms with van der Waals surface area (Å²) in [5.41, 5.74) is 1.56. The highest BCUT2D eigenvalue weighted by Crippen LogP contribution is 2.54. The van der Waals surface area contributed by atoms with E-state index in [4.69, 9.17) is 0 Å². The molecule has 5 nitrogen and oxygen atoms in total. The molecule has 4 aromatic rings. The number of hydrogen-bond donors (Lipinski definition) is 2. The van der Waals surface area contributed by atoms with E-state index in [1.54, 1.807) is 30.3 Å². The Kier molecular flexibility index (Phi) is 3.87. The van der Waals surface area contributed by atoms with Gasteiger partial charge in [-0.2, -0.15) is 0 Å². The second-order valence-corrected chi connectivity index (χ2v) is 9.44. The smallest absolute Gasteiger partial charge is 0.305 e. The normalized spacial score (nSPS) is 17.5. The van der Waals surface area contributed by atoms with E-state index in [1.807, 2.05) is 30.3 Å². The molecule has 0 spiro atoms. The van der Waals surface area contributed by atoms with Crippen molar-refractivity contribution in [3.8, 4) is 5.75 Å². The Labute approximate surface area is 184 Å². The molecule has 0 saturated heterocycles. The SMILES string of the molecule is O=C1C2=C(C(=O)c3ccccc31)[C@@H](c1c(O)ccc3ccccc13)c1sc(=O)[nH]c1S2. The van der Waals surface area contributed by atoms with Crippen molar-refractivity contribution in [3.63, 3.8) is 0 Å². The number of carbonyl (C=O) groups is 2. The Morgan fingerprint density at radius 3 is 2.35 bits per heavy atom. The van der Waals surface area contributed by atoms with Gasteiger partial charge in [-0.25, -0.2) is 0 Å². The fraction of sp³-hybridized carbons (Fsp3) is 0.0417. The van der Waals surface area contributed by atoms with Crippen LogP contribution in [0, 0.1) is 0 Å². The molecule has 150 valence electrons. The second kappa shape index (κ2) is 6.54. The van der Waals surface area contributed by atoms with Crippen molar-refractivity contribution in [2.75, 3.05) is 0 Å². The predicted molar refractivity (Wildman–Crippen MR) is 120 cm³/mol. The Balaban J connectivity index is 1.72. The van der Waals surface area contributed by atoms with Crippen molar-refractivity contribution in [1.82, 2.24) is 4.98 Å². The molecule has 1 aromatic heterocycles. The molecule has 31 heavy (non-hydrogen) atoms. The molecule has 0 amide bonds. The van der Waals surface area contributed by atoms with Crippen molar-refractivity contribution in [2.24, 2.45) is 0 Å². The molecule has 6 rings (SSSR count). The summed E-state index contributed by atoms with van der Waals surface area (Å²) in [6.45, 7) is 0. The van der Waals surface area contributed by atoms with Gasteiger partial charge in [0.1, 0.15) is 5.75 Å². The lowest BCUT2D eigenvalue weighted by Crippen LogP contribution is -2.27. The Morgan fingerprint density at radius 2 is 1.55 bits per heavy atom. The van der Waals surface area contributed by atoms with Crippen LogP contribution in [-0.2, 0) is 0 Å². The number of phenolic OH excluding ortho intramolecular Hbond substituents is 1. The van der Waals surface area contributed by atoms with Crippen molar-refractivity contribution in [1.29, 1.82) is 0 Å². The average molecular weight is 444 g/mol. The zero-order chi connectivity index (χ0) is 21.3. The maximum atomic E-state index is 13.7. The van der Waals surface area contributed by atoms with Crippen molar-refractivity contribution in [2.45, 2.75) is 10.9 Å². The summed E-state index contributed by atoms with van der Waals surface area (Å²) in [6, 6.07) is 17.7. The van der Waals surface area contributed by atoms with Crippen LogP contribution in [0.5, 0.6) is 5.75 Å². The molecule has 0 bridgehead atoms. The first-order valence-corrected chi connectivity index (χ1v) is 11.2. The number of carbonyl (C=O) groups excluding carboxylic acids is 2. The van der Waals surface area contributed by atoms with Gasteiger partial charge in [-0.3, -0.25) is 14.4 Å². The topological polar surface area (TPSA) is 87.2 Å². The summed E-state index contributed by atoms with van der Waals surface area (Å²) >= 11 is 2.14. The Hall–Kier alpha value is -3.42. The second-order valence-electron chi connectivity index (χ2n) is 7.41. The van der Waals surface area contributed by atoms with E-state index in [0.29, 0.717) is 37.1 Å². The molecule has 2 aliphatic rings. The molecule has 0 unspecified atom stereocenters. The van der Waals surface area contributed by atoms with Gasteiger partial charge in [0.05, 0.1) is 20.7 Å². The van der Waals surface area contributed by atoms with Crippen LogP contribution < -0.4 is 4.87 Å². The lowest BCUT2D eigenvalue weighted by Gasteiger charge is -2.31. The fourth-order valence-corrected chi connectivity index (χ4v) is 6.68. The van der Waals surface area contributed by atoms with Crippen LogP contribution in [0.15, 0.2) is 81.0 Å². The van der Waals surface area contributed by atoms with Gasteiger partial charge in [0, 0.05) is 22.3 Å². The van der Waals surface area contributed by atoms with Crippen molar-refractivity contribution in [3.05, 3.63) is 102 Å². The summed E-state index contributed by atoms with van der Waals surface area (Å²) in [6.07, 6.45) is 0. The number of rotatable bonds is 1. The summed E-state index contributed by atoms with van der Waals surface area (Å²) in [7, 11) is 0. The number of phenols is 1. The van der Waals surface area contributed by atoms with Gasteiger partial charge in [-0.05, 0) is 16.8 Å². The third-order valence-corrected chi connectivity index (χ3v) is 7.96. The van der Waals surface area contributed by atoms with Gasteiger partial charge in [-0.15, -0.1) is 0 Å². The number of thioether (sulfide) groups is 1. The van der Waals surface area contributed by atoms with E-state index in [1.165, 1.54) is 0 Å². The van der Waals surface area contributed by atoms with Crippen LogP contribution >= 0.6 is 23.1 Å². The summed E-state index contributed by atoms with van der Waals surface area (Å²) in [5, 5.41) is 13.1. The standard InChI is InChI=1S/C24H13NO4S2/c26-15-10-9-11-5-1-2-6-12(11)16(15)17-18-19(27)13-7-3-4-8-14(13)20(28)21(18)30-23-22(17)31-24(29)25-23/h1-10,17,26H,(H,25,29)/t17-/m1/s1. The number of allylic oxidation sites excluding steroid dienone is 2. The quantitative estimate of drug-likeness (QED) is 0.438. The highest BCUT2D eigenvalue weighted by Gasteiger charge is 2.44. The molecule has 2 N–H and O–H groups in total. The minimum absolute atomic E-state index is 0.0216. The number of thiazole rings is 1. The molecule has 0 fully saturated rings. The van der Waals surface area contributed by atoms with Gasteiger partial charge < -0.3 is 10.1 Å². The zero-order valence-corrected chi connectivity index (χ0v) is 17.5. The first-order chi connectivity index (χ1) is 15.0.